The van der Waals surface area contributed by atoms with E-state index in [-0.39, 0.29) is 12.6 Å². The summed E-state index contributed by atoms with van der Waals surface area (Å²) in [5, 5.41) is 9.68. The average molecular weight is 279 g/mol. The zero-order valence-corrected chi connectivity index (χ0v) is 12.1. The van der Waals surface area contributed by atoms with Crippen LogP contribution in [0.4, 0.5) is 0 Å². The zero-order chi connectivity index (χ0) is 14.7. The van der Waals surface area contributed by atoms with Crippen LogP contribution < -0.4 is 0 Å². The summed E-state index contributed by atoms with van der Waals surface area (Å²) in [5.41, 5.74) is 3.31. The Kier molecular flexibility index (Phi) is 3.69. The number of likely N-dealkylation sites (N-methyl/N-ethyl adjacent to an activating group) is 1. The van der Waals surface area contributed by atoms with E-state index in [9.17, 15) is 5.11 Å². The molecule has 0 fully saturated rings. The number of aliphatic hydroxyl groups excluding tert-OH is 1. The van der Waals surface area contributed by atoms with E-state index < -0.39 is 0 Å². The monoisotopic (exact) mass is 279 g/mol. The third-order valence-electron chi connectivity index (χ3n) is 4.08. The van der Waals surface area contributed by atoms with Gasteiger partial charge in [-0.3, -0.25) is 0 Å². The third-order valence-corrected chi connectivity index (χ3v) is 4.08. The second-order valence-electron chi connectivity index (χ2n) is 5.41. The Labute approximate surface area is 125 Å². The van der Waals surface area contributed by atoms with Crippen LogP contribution in [0.25, 0.3) is 0 Å². The second kappa shape index (κ2) is 5.64. The molecular formula is C18H19N2O+. The van der Waals surface area contributed by atoms with Gasteiger partial charge in [0.15, 0.2) is 18.1 Å². The molecule has 3 rings (SSSR count). The van der Waals surface area contributed by atoms with Gasteiger partial charge in [0.05, 0.1) is 13.2 Å². The summed E-state index contributed by atoms with van der Waals surface area (Å²) in [4.78, 5) is 4.29. The summed E-state index contributed by atoms with van der Waals surface area (Å²) < 4.78 is 0.477. The van der Waals surface area contributed by atoms with Crippen molar-refractivity contribution in [2.45, 2.75) is 6.04 Å². The summed E-state index contributed by atoms with van der Waals surface area (Å²) in [6.45, 7) is 0.00661. The van der Waals surface area contributed by atoms with Crippen molar-refractivity contribution < 1.29 is 9.59 Å². The van der Waals surface area contributed by atoms with E-state index in [1.807, 2.05) is 42.7 Å². The van der Waals surface area contributed by atoms with Crippen molar-refractivity contribution in [1.29, 1.82) is 0 Å². The predicted molar refractivity (Wildman–Crippen MR) is 84.6 cm³/mol. The van der Waals surface area contributed by atoms with E-state index in [1.54, 1.807) is 6.20 Å². The molecule has 3 nitrogen and oxygen atoms in total. The van der Waals surface area contributed by atoms with Crippen LogP contribution in [-0.4, -0.2) is 29.6 Å². The molecule has 1 atom stereocenters. The fourth-order valence-corrected chi connectivity index (χ4v) is 2.96. The topological polar surface area (TPSA) is 32.6 Å². The minimum atomic E-state index is 0.00661. The molecule has 0 aromatic heterocycles. The summed E-state index contributed by atoms with van der Waals surface area (Å²) >= 11 is 0. The van der Waals surface area contributed by atoms with Gasteiger partial charge in [-0.2, -0.15) is 0 Å². The Hall–Kier alpha value is -2.23. The van der Waals surface area contributed by atoms with Crippen LogP contribution in [0.1, 0.15) is 17.2 Å². The largest absolute Gasteiger partial charge is 0.386 e. The third kappa shape index (κ3) is 2.42. The smallest absolute Gasteiger partial charge is 0.195 e. The molecule has 0 bridgehead atoms. The highest BCUT2D eigenvalue weighted by atomic mass is 16.3. The molecule has 0 saturated heterocycles. The highest BCUT2D eigenvalue weighted by Gasteiger charge is 2.40. The minimum Gasteiger partial charge on any atom is -0.386 e. The Balaban J connectivity index is 2.14. The molecule has 1 N–H and O–H groups in total. The van der Waals surface area contributed by atoms with Gasteiger partial charge in [-0.1, -0.05) is 60.7 Å². The number of aliphatic imine (C=N–C) groups is 1. The number of rotatable bonds is 4. The fourth-order valence-electron chi connectivity index (χ4n) is 2.96. The molecule has 2 aromatic rings. The maximum absolute atomic E-state index is 9.68. The summed E-state index contributed by atoms with van der Waals surface area (Å²) in [5.74, 6) is 0. The molecule has 0 radical (unpaired) electrons. The van der Waals surface area contributed by atoms with Crippen molar-refractivity contribution in [3.8, 4) is 0 Å². The van der Waals surface area contributed by atoms with Crippen LogP contribution in [0, 0.1) is 0 Å². The molecule has 0 saturated carbocycles. The van der Waals surface area contributed by atoms with Crippen LogP contribution in [-0.2, 0) is 0 Å². The van der Waals surface area contributed by atoms with Crippen molar-refractivity contribution in [1.82, 2.24) is 0 Å². The Bertz CT molecular complexity index is 625. The number of hydrogen-bond acceptors (Lipinski definition) is 2. The summed E-state index contributed by atoms with van der Waals surface area (Å²) in [6.07, 6.45) is 3.66. The van der Waals surface area contributed by atoms with E-state index >= 15 is 0 Å². The van der Waals surface area contributed by atoms with Crippen molar-refractivity contribution in [2.24, 2.45) is 4.99 Å². The molecule has 0 aliphatic carbocycles. The molecule has 0 amide bonds. The molecule has 21 heavy (non-hydrogen) atoms. The highest BCUT2D eigenvalue weighted by Crippen LogP contribution is 2.37. The van der Waals surface area contributed by atoms with Gasteiger partial charge in [0.25, 0.3) is 0 Å². The molecule has 1 unspecified atom stereocenters. The van der Waals surface area contributed by atoms with Crippen LogP contribution in [0.15, 0.2) is 77.6 Å². The van der Waals surface area contributed by atoms with Crippen molar-refractivity contribution in [2.75, 3.05) is 13.7 Å². The number of quaternary nitrogens is 1. The Morgan fingerprint density at radius 2 is 1.48 bits per heavy atom. The minimum absolute atomic E-state index is 0.00661. The van der Waals surface area contributed by atoms with Crippen LogP contribution in [0.2, 0.25) is 0 Å². The first-order valence-electron chi connectivity index (χ1n) is 7.06. The second-order valence-corrected chi connectivity index (χ2v) is 5.41. The molecule has 0 spiro atoms. The van der Waals surface area contributed by atoms with Crippen LogP contribution in [0.5, 0.6) is 0 Å². The van der Waals surface area contributed by atoms with Crippen LogP contribution >= 0.6 is 0 Å². The van der Waals surface area contributed by atoms with Gasteiger partial charge in [-0.15, -0.1) is 0 Å². The lowest BCUT2D eigenvalue weighted by atomic mass is 9.95. The molecule has 106 valence electrons. The lowest BCUT2D eigenvalue weighted by Gasteiger charge is -2.36. The maximum atomic E-state index is 9.68. The molecule has 1 aliphatic rings. The van der Waals surface area contributed by atoms with Gasteiger partial charge in [0, 0.05) is 11.1 Å². The van der Waals surface area contributed by atoms with Gasteiger partial charge in [0.1, 0.15) is 6.61 Å². The number of nitrogens with zero attached hydrogens (tertiary/aromatic N) is 2. The first-order chi connectivity index (χ1) is 10.3. The molecular weight excluding hydrogens is 260 g/mol. The maximum Gasteiger partial charge on any atom is 0.195 e. The van der Waals surface area contributed by atoms with Gasteiger partial charge < -0.3 is 5.11 Å². The Morgan fingerprint density at radius 3 is 1.95 bits per heavy atom. The van der Waals surface area contributed by atoms with E-state index in [0.717, 1.165) is 5.70 Å². The molecule has 1 aliphatic heterocycles. The lowest BCUT2D eigenvalue weighted by molar-refractivity contribution is -0.801. The predicted octanol–water partition coefficient (Wildman–Crippen LogP) is 3.10. The fraction of sp³-hybridized carbons (Fsp3) is 0.167. The SMILES string of the molecule is C[N+]1(C(c2ccccc2)c2ccccc2)C=NC=C1CO. The molecule has 3 heteroatoms. The quantitative estimate of drug-likeness (QED) is 0.857. The number of aliphatic hydroxyl groups is 1. The van der Waals surface area contributed by atoms with E-state index in [1.165, 1.54) is 11.1 Å². The summed E-state index contributed by atoms with van der Waals surface area (Å²) in [6, 6.07) is 20.8. The first-order valence-corrected chi connectivity index (χ1v) is 7.06. The lowest BCUT2D eigenvalue weighted by Crippen LogP contribution is -2.44. The molecule has 1 heterocycles. The highest BCUT2D eigenvalue weighted by molar-refractivity contribution is 5.54. The van der Waals surface area contributed by atoms with Gasteiger partial charge in [-0.05, 0) is 0 Å². The van der Waals surface area contributed by atoms with Crippen molar-refractivity contribution in [3.63, 3.8) is 0 Å². The summed E-state index contributed by atoms with van der Waals surface area (Å²) in [7, 11) is 2.09. The zero-order valence-electron chi connectivity index (χ0n) is 12.1. The number of hydrogen-bond donors (Lipinski definition) is 1. The van der Waals surface area contributed by atoms with Crippen LogP contribution in [0.3, 0.4) is 0 Å². The first kappa shape index (κ1) is 13.7. The van der Waals surface area contributed by atoms with Gasteiger partial charge in [-0.25, -0.2) is 9.48 Å². The van der Waals surface area contributed by atoms with Gasteiger partial charge >= 0.3 is 0 Å². The van der Waals surface area contributed by atoms with Crippen molar-refractivity contribution >= 4 is 6.34 Å². The molecule has 2 aromatic carbocycles. The van der Waals surface area contributed by atoms with E-state index in [0.29, 0.717) is 4.48 Å². The van der Waals surface area contributed by atoms with E-state index in [4.69, 9.17) is 0 Å². The van der Waals surface area contributed by atoms with Gasteiger partial charge in [0.2, 0.25) is 0 Å². The van der Waals surface area contributed by atoms with E-state index in [2.05, 4.69) is 36.3 Å². The Morgan fingerprint density at radius 1 is 0.952 bits per heavy atom. The average Bonchev–Trinajstić information content (AvgIpc) is 2.91. The normalized spacial score (nSPS) is 20.8. The van der Waals surface area contributed by atoms with Crippen molar-refractivity contribution in [3.05, 3.63) is 83.7 Å². The number of benzene rings is 2. The standard InChI is InChI=1S/C18H19N2O/c1-20(14-19-12-17(20)13-21)18(15-8-4-2-5-9-15)16-10-6-3-7-11-16/h2-12,14,18,21H,13H2,1H3/q+1.